The minimum Gasteiger partial charge on any atom is -0.469 e. The Morgan fingerprint density at radius 3 is 2.78 bits per heavy atom. The molecule has 5 nitrogen and oxygen atoms in total. The molecule has 7 heteroatoms. The van der Waals surface area contributed by atoms with Gasteiger partial charge in [-0.15, -0.1) is 0 Å². The van der Waals surface area contributed by atoms with Gasteiger partial charge in [-0.2, -0.15) is 0 Å². The molecule has 0 amide bonds. The van der Waals surface area contributed by atoms with Gasteiger partial charge in [-0.05, 0) is 12.5 Å². The van der Waals surface area contributed by atoms with Gasteiger partial charge in [-0.1, -0.05) is 24.0 Å². The fourth-order valence-corrected chi connectivity index (χ4v) is 2.19. The summed E-state index contributed by atoms with van der Waals surface area (Å²) in [4.78, 5) is 20.9. The van der Waals surface area contributed by atoms with Crippen LogP contribution in [0.25, 0.3) is 0 Å². The van der Waals surface area contributed by atoms with E-state index in [4.69, 9.17) is 12.2 Å². The lowest BCUT2D eigenvalue weighted by Gasteiger charge is -2.16. The van der Waals surface area contributed by atoms with E-state index >= 15 is 0 Å². The number of esters is 1. The lowest BCUT2D eigenvalue weighted by molar-refractivity contribution is -0.140. The van der Waals surface area contributed by atoms with E-state index in [0.717, 1.165) is 12.2 Å². The van der Waals surface area contributed by atoms with Gasteiger partial charge in [0.15, 0.2) is 0 Å². The van der Waals surface area contributed by atoms with Crippen LogP contribution in [0, 0.1) is 0 Å². The van der Waals surface area contributed by atoms with Crippen LogP contribution in [0.3, 0.4) is 0 Å². The number of ether oxygens (including phenoxy) is 1. The number of thiocarbonyl (C=S) groups is 1. The molecule has 18 heavy (non-hydrogen) atoms. The molecular formula is C11H15N3O2S2. The fourth-order valence-electron chi connectivity index (χ4n) is 1.12. The van der Waals surface area contributed by atoms with E-state index in [2.05, 4.69) is 14.7 Å². The molecule has 0 aromatic carbocycles. The summed E-state index contributed by atoms with van der Waals surface area (Å²) >= 11 is 6.76. The van der Waals surface area contributed by atoms with Gasteiger partial charge in [0.2, 0.25) is 5.95 Å². The minimum absolute atomic E-state index is 0.193. The first kappa shape index (κ1) is 14.8. The Hall–Kier alpha value is -1.21. The molecule has 0 atom stereocenters. The Morgan fingerprint density at radius 1 is 1.50 bits per heavy atom. The Kier molecular flexibility index (Phi) is 6.59. The van der Waals surface area contributed by atoms with Gasteiger partial charge in [-0.25, -0.2) is 9.97 Å². The van der Waals surface area contributed by atoms with Crippen molar-refractivity contribution in [2.24, 2.45) is 0 Å². The summed E-state index contributed by atoms with van der Waals surface area (Å²) in [5.74, 6) is 1.15. The maximum atomic E-state index is 10.9. The number of anilines is 1. The van der Waals surface area contributed by atoms with Crippen molar-refractivity contribution in [3.63, 3.8) is 0 Å². The number of carbonyl (C=O) groups excluding carboxylic acids is 1. The summed E-state index contributed by atoms with van der Waals surface area (Å²) < 4.78 is 5.25. The number of hydrogen-bond donors (Lipinski definition) is 0. The summed E-state index contributed by atoms with van der Waals surface area (Å²) in [5, 5.41) is 0. The molecule has 0 aliphatic heterocycles. The molecule has 1 aromatic heterocycles. The van der Waals surface area contributed by atoms with Gasteiger partial charge in [-0.3, -0.25) is 9.69 Å². The van der Waals surface area contributed by atoms with Gasteiger partial charge < -0.3 is 4.74 Å². The monoisotopic (exact) mass is 285 g/mol. The van der Waals surface area contributed by atoms with Crippen LogP contribution in [0.5, 0.6) is 0 Å². The van der Waals surface area contributed by atoms with E-state index in [9.17, 15) is 4.79 Å². The third-order valence-corrected chi connectivity index (χ3v) is 3.75. The number of nitrogens with zero attached hydrogens (tertiary/aromatic N) is 3. The zero-order chi connectivity index (χ0) is 13.4. The number of methoxy groups -OCH3 is 1. The normalized spacial score (nSPS) is 9.89. The minimum atomic E-state index is -0.193. The largest absolute Gasteiger partial charge is 0.469 e. The molecule has 98 valence electrons. The highest BCUT2D eigenvalue weighted by molar-refractivity contribution is 8.23. The van der Waals surface area contributed by atoms with Crippen LogP contribution >= 0.6 is 24.0 Å². The summed E-state index contributed by atoms with van der Waals surface area (Å²) in [6.07, 6.45) is 4.49. The third-order valence-electron chi connectivity index (χ3n) is 2.10. The number of carbonyl (C=O) groups is 1. The number of hydrogen-bond acceptors (Lipinski definition) is 6. The highest BCUT2D eigenvalue weighted by Crippen LogP contribution is 2.14. The third kappa shape index (κ3) is 4.97. The van der Waals surface area contributed by atoms with Crippen LogP contribution in [0.15, 0.2) is 18.5 Å². The highest BCUT2D eigenvalue weighted by atomic mass is 32.2. The van der Waals surface area contributed by atoms with Crippen molar-refractivity contribution in [1.82, 2.24) is 9.97 Å². The summed E-state index contributed by atoms with van der Waals surface area (Å²) in [6.45, 7) is 0. The fraction of sp³-hybridized carbons (Fsp3) is 0.455. The predicted octanol–water partition coefficient (Wildman–Crippen LogP) is 1.88. The summed E-state index contributed by atoms with van der Waals surface area (Å²) in [6, 6.07) is 1.75. The van der Waals surface area contributed by atoms with Crippen molar-refractivity contribution in [3.8, 4) is 0 Å². The van der Waals surface area contributed by atoms with E-state index in [1.165, 1.54) is 18.9 Å². The molecular weight excluding hydrogens is 270 g/mol. The first-order valence-electron chi connectivity index (χ1n) is 5.39. The second kappa shape index (κ2) is 7.99. The van der Waals surface area contributed by atoms with Crippen molar-refractivity contribution in [3.05, 3.63) is 18.5 Å². The molecule has 0 N–H and O–H groups in total. The second-order valence-electron chi connectivity index (χ2n) is 3.40. The Bertz CT molecular complexity index is 401. The highest BCUT2D eigenvalue weighted by Gasteiger charge is 2.09. The number of rotatable bonds is 5. The average molecular weight is 285 g/mol. The topological polar surface area (TPSA) is 55.3 Å². The Labute approximate surface area is 116 Å². The first-order valence-corrected chi connectivity index (χ1v) is 6.79. The van der Waals surface area contributed by atoms with Crippen LogP contribution in [0.2, 0.25) is 0 Å². The van der Waals surface area contributed by atoms with E-state index < -0.39 is 0 Å². The molecule has 0 saturated carbocycles. The molecule has 0 fully saturated rings. The SMILES string of the molecule is COC(=O)CCCSC(=S)N(C)c1ncccn1. The molecule has 0 aliphatic rings. The summed E-state index contributed by atoms with van der Waals surface area (Å²) in [7, 11) is 3.21. The maximum absolute atomic E-state index is 10.9. The van der Waals surface area contributed by atoms with E-state index in [0.29, 0.717) is 16.7 Å². The molecule has 0 saturated heterocycles. The molecule has 1 heterocycles. The zero-order valence-corrected chi connectivity index (χ0v) is 12.0. The Balaban J connectivity index is 2.31. The van der Waals surface area contributed by atoms with E-state index in [1.54, 1.807) is 23.4 Å². The Morgan fingerprint density at radius 2 is 2.17 bits per heavy atom. The summed E-state index contributed by atoms with van der Waals surface area (Å²) in [5.41, 5.74) is 0. The molecule has 1 aromatic rings. The standard InChI is InChI=1S/C11H15N3O2S2/c1-14(10-12-6-4-7-13-10)11(17)18-8-3-5-9(15)16-2/h4,6-7H,3,5,8H2,1-2H3. The molecule has 0 bridgehead atoms. The number of aromatic nitrogens is 2. The van der Waals surface area contributed by atoms with Crippen molar-refractivity contribution in [2.45, 2.75) is 12.8 Å². The molecule has 0 unspecified atom stereocenters. The number of thioether (sulfide) groups is 1. The zero-order valence-electron chi connectivity index (χ0n) is 10.3. The van der Waals surface area contributed by atoms with Gasteiger partial charge in [0.05, 0.1) is 7.11 Å². The molecule has 0 radical (unpaired) electrons. The van der Waals surface area contributed by atoms with Crippen molar-refractivity contribution in [1.29, 1.82) is 0 Å². The van der Waals surface area contributed by atoms with Gasteiger partial charge in [0, 0.05) is 31.6 Å². The van der Waals surface area contributed by atoms with Crippen LogP contribution in [-0.2, 0) is 9.53 Å². The van der Waals surface area contributed by atoms with Crippen LogP contribution < -0.4 is 4.90 Å². The molecule has 0 aliphatic carbocycles. The molecule has 1 rings (SSSR count). The lowest BCUT2D eigenvalue weighted by Crippen LogP contribution is -2.23. The lowest BCUT2D eigenvalue weighted by atomic mass is 10.3. The van der Waals surface area contributed by atoms with Crippen LogP contribution in [-0.4, -0.2) is 40.2 Å². The van der Waals surface area contributed by atoms with Gasteiger partial charge in [0.25, 0.3) is 0 Å². The second-order valence-corrected chi connectivity index (χ2v) is 5.13. The molecule has 0 spiro atoms. The average Bonchev–Trinajstić information content (AvgIpc) is 2.43. The maximum Gasteiger partial charge on any atom is 0.305 e. The van der Waals surface area contributed by atoms with Gasteiger partial charge >= 0.3 is 5.97 Å². The van der Waals surface area contributed by atoms with E-state index in [1.807, 2.05) is 7.05 Å². The smallest absolute Gasteiger partial charge is 0.305 e. The van der Waals surface area contributed by atoms with Crippen LogP contribution in [0.1, 0.15) is 12.8 Å². The quantitative estimate of drug-likeness (QED) is 0.465. The van der Waals surface area contributed by atoms with Crippen molar-refractivity contribution >= 4 is 40.2 Å². The van der Waals surface area contributed by atoms with Crippen molar-refractivity contribution < 1.29 is 9.53 Å². The van der Waals surface area contributed by atoms with Crippen molar-refractivity contribution in [2.75, 3.05) is 24.8 Å². The van der Waals surface area contributed by atoms with Crippen LogP contribution in [0.4, 0.5) is 5.95 Å². The first-order chi connectivity index (χ1) is 8.65. The van der Waals surface area contributed by atoms with E-state index in [-0.39, 0.29) is 5.97 Å². The predicted molar refractivity (Wildman–Crippen MR) is 76.7 cm³/mol. The van der Waals surface area contributed by atoms with Gasteiger partial charge in [0.1, 0.15) is 4.32 Å².